The molecule has 0 aromatic heterocycles. The van der Waals surface area contributed by atoms with Crippen molar-refractivity contribution in [1.82, 2.24) is 0 Å². The molecule has 6 nitrogen and oxygen atoms in total. The Balaban J connectivity index is 2.05. The summed E-state index contributed by atoms with van der Waals surface area (Å²) < 4.78 is 18.2. The largest absolute Gasteiger partial charge is 0.477 e. The fraction of sp³-hybridized carbons (Fsp3) is 0.133. The van der Waals surface area contributed by atoms with Crippen LogP contribution in [-0.4, -0.2) is 17.4 Å². The molecule has 1 amide bonds. The molecule has 0 aliphatic carbocycles. The summed E-state index contributed by atoms with van der Waals surface area (Å²) in [7, 11) is 0. The van der Waals surface area contributed by atoms with Crippen molar-refractivity contribution in [2.75, 3.05) is 11.9 Å². The normalized spacial score (nSPS) is 10.2. The Kier molecular flexibility index (Phi) is 5.13. The number of carbonyl (C=O) groups is 1. The van der Waals surface area contributed by atoms with E-state index in [1.165, 1.54) is 0 Å². The predicted octanol–water partition coefficient (Wildman–Crippen LogP) is 3.71. The molecule has 0 spiro atoms. The second kappa shape index (κ2) is 7.06. The Morgan fingerprint density at radius 3 is 2.74 bits per heavy atom. The van der Waals surface area contributed by atoms with Crippen LogP contribution in [0.4, 0.5) is 15.8 Å². The quantitative estimate of drug-likeness (QED) is 0.665. The number of rotatable bonds is 5. The third-order valence-electron chi connectivity index (χ3n) is 2.94. The van der Waals surface area contributed by atoms with Crippen molar-refractivity contribution in [3.05, 3.63) is 62.9 Å². The van der Waals surface area contributed by atoms with E-state index in [0.717, 1.165) is 23.8 Å². The molecule has 0 aliphatic rings. The Morgan fingerprint density at radius 2 is 2.09 bits per heavy atom. The van der Waals surface area contributed by atoms with Crippen LogP contribution in [0.1, 0.15) is 5.56 Å². The number of halogens is 2. The standard InChI is InChI=1S/C15H12ClFN2O4/c1-9-6-10(16)2-4-12(9)18-15(20)8-23-14-7-11(17)3-5-13(14)19(21)22/h2-7H,8H2,1H3,(H,18,20). The topological polar surface area (TPSA) is 81.5 Å². The van der Waals surface area contributed by atoms with Crippen molar-refractivity contribution in [2.24, 2.45) is 0 Å². The van der Waals surface area contributed by atoms with Crippen LogP contribution >= 0.6 is 11.6 Å². The summed E-state index contributed by atoms with van der Waals surface area (Å²) in [4.78, 5) is 22.0. The van der Waals surface area contributed by atoms with Crippen molar-refractivity contribution >= 4 is 28.9 Å². The first-order valence-electron chi connectivity index (χ1n) is 6.49. The van der Waals surface area contributed by atoms with E-state index in [0.29, 0.717) is 10.7 Å². The van der Waals surface area contributed by atoms with E-state index < -0.39 is 28.9 Å². The lowest BCUT2D eigenvalue weighted by molar-refractivity contribution is -0.385. The number of hydrogen-bond acceptors (Lipinski definition) is 4. The van der Waals surface area contributed by atoms with Crippen LogP contribution in [0.15, 0.2) is 36.4 Å². The molecule has 2 rings (SSSR count). The van der Waals surface area contributed by atoms with E-state index in [-0.39, 0.29) is 5.75 Å². The molecule has 2 aromatic carbocycles. The van der Waals surface area contributed by atoms with Crippen LogP contribution in [0, 0.1) is 22.9 Å². The van der Waals surface area contributed by atoms with Gasteiger partial charge in [0.1, 0.15) is 5.82 Å². The van der Waals surface area contributed by atoms with Gasteiger partial charge in [-0.15, -0.1) is 0 Å². The lowest BCUT2D eigenvalue weighted by Crippen LogP contribution is -2.21. The molecule has 0 atom stereocenters. The zero-order valence-electron chi connectivity index (χ0n) is 12.0. The van der Waals surface area contributed by atoms with Crippen LogP contribution in [-0.2, 0) is 4.79 Å². The van der Waals surface area contributed by atoms with Gasteiger partial charge < -0.3 is 10.1 Å². The van der Waals surface area contributed by atoms with Crippen LogP contribution in [0.5, 0.6) is 5.75 Å². The van der Waals surface area contributed by atoms with E-state index >= 15 is 0 Å². The summed E-state index contributed by atoms with van der Waals surface area (Å²) in [5.74, 6) is -1.54. The van der Waals surface area contributed by atoms with Gasteiger partial charge in [-0.2, -0.15) is 0 Å². The lowest BCUT2D eigenvalue weighted by atomic mass is 10.2. The van der Waals surface area contributed by atoms with Gasteiger partial charge in [-0.1, -0.05) is 11.6 Å². The molecular formula is C15H12ClFN2O4. The number of nitro groups is 1. The Labute approximate surface area is 136 Å². The summed E-state index contributed by atoms with van der Waals surface area (Å²) in [6.45, 7) is 1.27. The Morgan fingerprint density at radius 1 is 1.35 bits per heavy atom. The highest BCUT2D eigenvalue weighted by molar-refractivity contribution is 6.30. The zero-order chi connectivity index (χ0) is 17.0. The average molecular weight is 339 g/mol. The predicted molar refractivity (Wildman–Crippen MR) is 83.4 cm³/mol. The second-order valence-electron chi connectivity index (χ2n) is 4.67. The fourth-order valence-corrected chi connectivity index (χ4v) is 2.08. The van der Waals surface area contributed by atoms with Crippen molar-refractivity contribution in [3.63, 3.8) is 0 Å². The lowest BCUT2D eigenvalue weighted by Gasteiger charge is -2.10. The molecule has 0 saturated heterocycles. The molecule has 2 aromatic rings. The number of nitrogens with one attached hydrogen (secondary N) is 1. The zero-order valence-corrected chi connectivity index (χ0v) is 12.8. The molecule has 0 aliphatic heterocycles. The molecule has 0 radical (unpaired) electrons. The van der Waals surface area contributed by atoms with Crippen LogP contribution in [0.25, 0.3) is 0 Å². The van der Waals surface area contributed by atoms with E-state index in [2.05, 4.69) is 5.32 Å². The number of anilines is 1. The van der Waals surface area contributed by atoms with Gasteiger partial charge in [-0.05, 0) is 36.8 Å². The van der Waals surface area contributed by atoms with E-state index in [1.54, 1.807) is 25.1 Å². The molecule has 120 valence electrons. The molecule has 8 heteroatoms. The molecule has 1 N–H and O–H groups in total. The Bertz CT molecular complexity index is 767. The minimum Gasteiger partial charge on any atom is -0.477 e. The number of aryl methyl sites for hydroxylation is 1. The molecule has 0 saturated carbocycles. The van der Waals surface area contributed by atoms with Gasteiger partial charge in [-0.25, -0.2) is 4.39 Å². The number of ether oxygens (including phenoxy) is 1. The Hall–Kier alpha value is -2.67. The monoisotopic (exact) mass is 338 g/mol. The second-order valence-corrected chi connectivity index (χ2v) is 5.10. The maximum atomic E-state index is 13.2. The fourth-order valence-electron chi connectivity index (χ4n) is 1.85. The smallest absolute Gasteiger partial charge is 0.311 e. The third kappa shape index (κ3) is 4.40. The van der Waals surface area contributed by atoms with Crippen LogP contribution in [0.2, 0.25) is 5.02 Å². The number of benzene rings is 2. The molecule has 0 unspecified atom stereocenters. The van der Waals surface area contributed by atoms with Gasteiger partial charge in [0.2, 0.25) is 5.75 Å². The van der Waals surface area contributed by atoms with E-state index in [4.69, 9.17) is 16.3 Å². The molecule has 0 bridgehead atoms. The van der Waals surface area contributed by atoms with Gasteiger partial charge in [0.05, 0.1) is 4.92 Å². The maximum Gasteiger partial charge on any atom is 0.311 e. The number of amides is 1. The van der Waals surface area contributed by atoms with Gasteiger partial charge in [-0.3, -0.25) is 14.9 Å². The summed E-state index contributed by atoms with van der Waals surface area (Å²) in [6.07, 6.45) is 0. The van der Waals surface area contributed by atoms with Crippen molar-refractivity contribution in [1.29, 1.82) is 0 Å². The van der Waals surface area contributed by atoms with Crippen molar-refractivity contribution in [3.8, 4) is 5.75 Å². The van der Waals surface area contributed by atoms with Crippen LogP contribution in [0.3, 0.4) is 0 Å². The average Bonchev–Trinajstić information content (AvgIpc) is 2.48. The summed E-state index contributed by atoms with van der Waals surface area (Å²) in [5, 5.41) is 14.0. The van der Waals surface area contributed by atoms with Gasteiger partial charge >= 0.3 is 5.69 Å². The van der Waals surface area contributed by atoms with Gasteiger partial charge in [0, 0.05) is 22.8 Å². The molecule has 0 heterocycles. The number of hydrogen-bond donors (Lipinski definition) is 1. The first kappa shape index (κ1) is 16.7. The first-order chi connectivity index (χ1) is 10.9. The highest BCUT2D eigenvalue weighted by Crippen LogP contribution is 2.27. The maximum absolute atomic E-state index is 13.2. The SMILES string of the molecule is Cc1cc(Cl)ccc1NC(=O)COc1cc(F)ccc1[N+](=O)[O-]. The third-order valence-corrected chi connectivity index (χ3v) is 3.17. The molecule has 0 fully saturated rings. The first-order valence-corrected chi connectivity index (χ1v) is 6.87. The summed E-state index contributed by atoms with van der Waals surface area (Å²) in [5.41, 5.74) is 0.876. The minimum atomic E-state index is -0.712. The summed E-state index contributed by atoms with van der Waals surface area (Å²) >= 11 is 5.82. The van der Waals surface area contributed by atoms with E-state index in [9.17, 15) is 19.3 Å². The number of nitro benzene ring substituents is 1. The minimum absolute atomic E-state index is 0.307. The van der Waals surface area contributed by atoms with Crippen LogP contribution < -0.4 is 10.1 Å². The van der Waals surface area contributed by atoms with Gasteiger partial charge in [0.15, 0.2) is 6.61 Å². The number of carbonyl (C=O) groups excluding carboxylic acids is 1. The van der Waals surface area contributed by atoms with E-state index in [1.807, 2.05) is 0 Å². The highest BCUT2D eigenvalue weighted by Gasteiger charge is 2.17. The molecule has 23 heavy (non-hydrogen) atoms. The van der Waals surface area contributed by atoms with Gasteiger partial charge in [0.25, 0.3) is 5.91 Å². The summed E-state index contributed by atoms with van der Waals surface area (Å²) in [6, 6.07) is 7.70. The van der Waals surface area contributed by atoms with Crippen molar-refractivity contribution in [2.45, 2.75) is 6.92 Å². The number of nitrogens with zero attached hydrogens (tertiary/aromatic N) is 1. The highest BCUT2D eigenvalue weighted by atomic mass is 35.5. The molecular weight excluding hydrogens is 327 g/mol. The van der Waals surface area contributed by atoms with Crippen molar-refractivity contribution < 1.29 is 18.8 Å².